The molecular weight excluding hydrogens is 396 g/mol. The second-order valence-electron chi connectivity index (χ2n) is 6.21. The zero-order valence-corrected chi connectivity index (χ0v) is 16.6. The molecule has 0 aliphatic heterocycles. The Morgan fingerprint density at radius 1 is 1.10 bits per heavy atom. The highest BCUT2D eigenvalue weighted by Crippen LogP contribution is 2.25. The van der Waals surface area contributed by atoms with E-state index in [2.05, 4.69) is 16.2 Å². The first-order chi connectivity index (χ1) is 13.8. The van der Waals surface area contributed by atoms with E-state index in [1.165, 1.54) is 24.3 Å². The van der Waals surface area contributed by atoms with E-state index in [0.29, 0.717) is 5.75 Å². The lowest BCUT2D eigenvalue weighted by atomic mass is 10.0. The summed E-state index contributed by atoms with van der Waals surface area (Å²) in [5.74, 6) is -0.459. The highest BCUT2D eigenvalue weighted by atomic mass is 32.1. The molecule has 0 aromatic heterocycles. The molecule has 10 heteroatoms. The zero-order chi connectivity index (χ0) is 21.4. The van der Waals surface area contributed by atoms with Gasteiger partial charge in [0.15, 0.2) is 11.7 Å². The van der Waals surface area contributed by atoms with Crippen LogP contribution in [0.1, 0.15) is 35.7 Å². The molecule has 2 aromatic rings. The molecule has 0 aliphatic rings. The number of nitro benzene ring substituents is 1. The molecule has 9 nitrogen and oxygen atoms in total. The van der Waals surface area contributed by atoms with Crippen LogP contribution in [0.4, 0.5) is 5.69 Å². The number of hydrazine groups is 1. The standard InChI is InChI=1S/C19H20N4O5S/c1-12(2)13-7-4-6-10-16(13)28-11-17(24)21-22-19(29)20-18(25)14-8-3-5-9-15(14)23(26)27/h3-10,12H,11H2,1-2H3,(H,21,24)(H2,20,22,25,29). The van der Waals surface area contributed by atoms with Gasteiger partial charge in [-0.05, 0) is 35.8 Å². The fraction of sp³-hybridized carbons (Fsp3) is 0.211. The first kappa shape index (κ1) is 21.8. The third-order valence-corrected chi connectivity index (χ3v) is 3.99. The van der Waals surface area contributed by atoms with Gasteiger partial charge in [-0.25, -0.2) is 0 Å². The van der Waals surface area contributed by atoms with Crippen LogP contribution in [0.25, 0.3) is 0 Å². The predicted molar refractivity (Wildman–Crippen MR) is 110 cm³/mol. The fourth-order valence-corrected chi connectivity index (χ4v) is 2.57. The molecule has 0 bridgehead atoms. The second-order valence-corrected chi connectivity index (χ2v) is 6.62. The monoisotopic (exact) mass is 416 g/mol. The summed E-state index contributed by atoms with van der Waals surface area (Å²) in [4.78, 5) is 34.4. The molecular formula is C19H20N4O5S. The van der Waals surface area contributed by atoms with Crippen LogP contribution in [0.2, 0.25) is 0 Å². The van der Waals surface area contributed by atoms with Crippen LogP contribution in [0.3, 0.4) is 0 Å². The lowest BCUT2D eigenvalue weighted by Gasteiger charge is -2.14. The number of nitrogens with zero attached hydrogens (tertiary/aromatic N) is 1. The maximum atomic E-state index is 12.2. The molecule has 152 valence electrons. The van der Waals surface area contributed by atoms with Gasteiger partial charge in [-0.15, -0.1) is 0 Å². The van der Waals surface area contributed by atoms with Crippen molar-refractivity contribution in [1.82, 2.24) is 16.2 Å². The smallest absolute Gasteiger partial charge is 0.282 e. The average molecular weight is 416 g/mol. The molecule has 2 aromatic carbocycles. The van der Waals surface area contributed by atoms with Gasteiger partial charge in [0.25, 0.3) is 17.5 Å². The van der Waals surface area contributed by atoms with Crippen LogP contribution in [0, 0.1) is 10.1 Å². The highest BCUT2D eigenvalue weighted by Gasteiger charge is 2.20. The van der Waals surface area contributed by atoms with Crippen LogP contribution in [-0.2, 0) is 4.79 Å². The molecule has 0 radical (unpaired) electrons. The molecule has 0 fully saturated rings. The van der Waals surface area contributed by atoms with Gasteiger partial charge in [-0.1, -0.05) is 44.2 Å². The fourth-order valence-electron chi connectivity index (χ4n) is 2.42. The van der Waals surface area contributed by atoms with Crippen molar-refractivity contribution in [3.8, 4) is 5.75 Å². The van der Waals surface area contributed by atoms with Gasteiger partial charge < -0.3 is 4.74 Å². The van der Waals surface area contributed by atoms with E-state index in [4.69, 9.17) is 17.0 Å². The Kier molecular flexibility index (Phi) is 7.61. The molecule has 0 spiro atoms. The molecule has 0 unspecified atom stereocenters. The Balaban J connectivity index is 1.84. The van der Waals surface area contributed by atoms with Crippen molar-refractivity contribution in [2.75, 3.05) is 6.61 Å². The van der Waals surface area contributed by atoms with E-state index in [0.717, 1.165) is 5.56 Å². The van der Waals surface area contributed by atoms with Crippen molar-refractivity contribution in [1.29, 1.82) is 0 Å². The summed E-state index contributed by atoms with van der Waals surface area (Å²) in [6.07, 6.45) is 0. The van der Waals surface area contributed by atoms with E-state index >= 15 is 0 Å². The lowest BCUT2D eigenvalue weighted by Crippen LogP contribution is -2.49. The minimum atomic E-state index is -0.772. The Morgan fingerprint density at radius 3 is 2.45 bits per heavy atom. The maximum Gasteiger partial charge on any atom is 0.282 e. The minimum absolute atomic E-state index is 0.151. The van der Waals surface area contributed by atoms with Gasteiger partial charge in [0.1, 0.15) is 11.3 Å². The molecule has 0 heterocycles. The minimum Gasteiger partial charge on any atom is -0.483 e. The highest BCUT2D eigenvalue weighted by molar-refractivity contribution is 7.80. The molecule has 2 rings (SSSR count). The Morgan fingerprint density at radius 2 is 1.76 bits per heavy atom. The summed E-state index contributed by atoms with van der Waals surface area (Å²) in [6, 6.07) is 12.8. The van der Waals surface area contributed by atoms with E-state index in [-0.39, 0.29) is 28.9 Å². The molecule has 0 aliphatic carbocycles. The Hall–Kier alpha value is -3.53. The molecule has 29 heavy (non-hydrogen) atoms. The average Bonchev–Trinajstić information content (AvgIpc) is 2.70. The van der Waals surface area contributed by atoms with Crippen LogP contribution in [-0.4, -0.2) is 28.5 Å². The number of ether oxygens (including phenoxy) is 1. The third-order valence-electron chi connectivity index (χ3n) is 3.79. The van der Waals surface area contributed by atoms with Crippen molar-refractivity contribution in [2.45, 2.75) is 19.8 Å². The number of rotatable bonds is 6. The van der Waals surface area contributed by atoms with Crippen LogP contribution < -0.4 is 20.9 Å². The number of carbonyl (C=O) groups excluding carboxylic acids is 2. The number of nitrogens with one attached hydrogen (secondary N) is 3. The van der Waals surface area contributed by atoms with Crippen LogP contribution in [0.15, 0.2) is 48.5 Å². The van der Waals surface area contributed by atoms with Gasteiger partial charge in [0.05, 0.1) is 4.92 Å². The Bertz CT molecular complexity index is 932. The van der Waals surface area contributed by atoms with E-state index in [1.54, 1.807) is 6.07 Å². The number of benzene rings is 2. The zero-order valence-electron chi connectivity index (χ0n) is 15.8. The van der Waals surface area contributed by atoms with Gasteiger partial charge >= 0.3 is 0 Å². The number of hydrogen-bond acceptors (Lipinski definition) is 6. The summed E-state index contributed by atoms with van der Waals surface area (Å²) in [7, 11) is 0. The third kappa shape index (κ3) is 6.25. The molecule has 3 N–H and O–H groups in total. The summed E-state index contributed by atoms with van der Waals surface area (Å²) >= 11 is 4.92. The van der Waals surface area contributed by atoms with Crippen molar-refractivity contribution < 1.29 is 19.2 Å². The largest absolute Gasteiger partial charge is 0.483 e. The number of carbonyl (C=O) groups is 2. The summed E-state index contributed by atoms with van der Waals surface area (Å²) in [5.41, 5.74) is 5.12. The van der Waals surface area contributed by atoms with Gasteiger partial charge in [-0.2, -0.15) is 0 Å². The first-order valence-electron chi connectivity index (χ1n) is 8.65. The van der Waals surface area contributed by atoms with Gasteiger partial charge in [0.2, 0.25) is 0 Å². The molecule has 0 atom stereocenters. The van der Waals surface area contributed by atoms with Crippen LogP contribution >= 0.6 is 12.2 Å². The molecule has 0 saturated carbocycles. The van der Waals surface area contributed by atoms with Gasteiger partial charge in [0, 0.05) is 6.07 Å². The number of nitro groups is 1. The van der Waals surface area contributed by atoms with Crippen molar-refractivity contribution in [3.63, 3.8) is 0 Å². The molecule has 2 amide bonds. The van der Waals surface area contributed by atoms with E-state index in [9.17, 15) is 19.7 Å². The van der Waals surface area contributed by atoms with Crippen molar-refractivity contribution in [2.24, 2.45) is 0 Å². The number of para-hydroxylation sites is 2. The lowest BCUT2D eigenvalue weighted by molar-refractivity contribution is -0.385. The predicted octanol–water partition coefficient (Wildman–Crippen LogP) is 2.43. The Labute approximate surface area is 172 Å². The summed E-state index contributed by atoms with van der Waals surface area (Å²) in [6.45, 7) is 3.77. The molecule has 0 saturated heterocycles. The number of amides is 2. The SMILES string of the molecule is CC(C)c1ccccc1OCC(=O)NNC(=S)NC(=O)c1ccccc1[N+](=O)[O-]. The van der Waals surface area contributed by atoms with E-state index < -0.39 is 16.7 Å². The first-order valence-corrected chi connectivity index (χ1v) is 9.05. The van der Waals surface area contributed by atoms with Crippen LogP contribution in [0.5, 0.6) is 5.75 Å². The number of hydrogen-bond donors (Lipinski definition) is 3. The number of thiocarbonyl (C=S) groups is 1. The van der Waals surface area contributed by atoms with Crippen molar-refractivity contribution >= 4 is 34.8 Å². The van der Waals surface area contributed by atoms with Gasteiger partial charge in [-0.3, -0.25) is 35.9 Å². The normalized spacial score (nSPS) is 10.2. The summed E-state index contributed by atoms with van der Waals surface area (Å²) < 4.78 is 5.53. The second kappa shape index (κ2) is 10.1. The quantitative estimate of drug-likeness (QED) is 0.375. The maximum absolute atomic E-state index is 12.2. The van der Waals surface area contributed by atoms with E-state index in [1.807, 2.05) is 32.0 Å². The topological polar surface area (TPSA) is 123 Å². The van der Waals surface area contributed by atoms with Crippen molar-refractivity contribution in [3.05, 3.63) is 69.8 Å². The summed E-state index contributed by atoms with van der Waals surface area (Å²) in [5, 5.41) is 13.0.